The summed E-state index contributed by atoms with van der Waals surface area (Å²) in [4.78, 5) is 11.3. The van der Waals surface area contributed by atoms with E-state index in [2.05, 4.69) is 18.7 Å². The van der Waals surface area contributed by atoms with Crippen LogP contribution in [-0.4, -0.2) is 24.1 Å². The Labute approximate surface area is 195 Å². The van der Waals surface area contributed by atoms with Crippen LogP contribution in [0, 0.1) is 5.92 Å². The first-order chi connectivity index (χ1) is 13.3. The molecule has 0 aromatic carbocycles. The minimum absolute atomic E-state index is 0. The Kier molecular flexibility index (Phi) is 22.7. The van der Waals surface area contributed by atoms with Crippen molar-refractivity contribution in [3.05, 3.63) is 0 Å². The van der Waals surface area contributed by atoms with E-state index in [-0.39, 0.29) is 34.3 Å². The molecule has 0 atom stereocenters. The molecule has 2 fully saturated rings. The maximum atomic E-state index is 11.3. The molecule has 1 saturated carbocycles. The first-order valence-corrected chi connectivity index (χ1v) is 13.2. The molecule has 1 aliphatic heterocycles. The van der Waals surface area contributed by atoms with Crippen molar-refractivity contribution in [1.82, 2.24) is 0 Å². The van der Waals surface area contributed by atoms with E-state index < -0.39 is 0 Å². The maximum absolute atomic E-state index is 11.3. The van der Waals surface area contributed by atoms with Crippen LogP contribution in [0.1, 0.15) is 122 Å². The zero-order valence-electron chi connectivity index (χ0n) is 18.5. The van der Waals surface area contributed by atoms with Gasteiger partial charge in [-0.15, -0.1) is 0 Å². The van der Waals surface area contributed by atoms with Gasteiger partial charge in [0, 0.05) is 22.4 Å². The molecule has 0 N–H and O–H groups in total. The molecule has 171 valence electrons. The predicted molar refractivity (Wildman–Crippen MR) is 121 cm³/mol. The number of unbranched alkanes of at least 4 members (excludes halogenated alkanes) is 13. The maximum Gasteiger partial charge on any atom is 0.308 e. The average molecular weight is 596 g/mol. The predicted octanol–water partition coefficient (Wildman–Crippen LogP) is 7.93. The second-order valence-electron chi connectivity index (χ2n) is 8.36. The second-order valence-corrected chi connectivity index (χ2v) is 9.58. The number of thioether (sulfide) groups is 1. The Balaban J connectivity index is 0.00000105. The van der Waals surface area contributed by atoms with E-state index in [1.54, 1.807) is 0 Å². The molecule has 0 bridgehead atoms. The van der Waals surface area contributed by atoms with E-state index in [1.807, 2.05) is 0 Å². The molecule has 0 spiro atoms. The van der Waals surface area contributed by atoms with Crippen molar-refractivity contribution in [3.8, 4) is 0 Å². The van der Waals surface area contributed by atoms with Gasteiger partial charge in [-0.2, -0.15) is 11.8 Å². The van der Waals surface area contributed by atoms with Gasteiger partial charge in [0.05, 0.1) is 12.5 Å². The summed E-state index contributed by atoms with van der Waals surface area (Å²) in [5, 5.41) is 0. The fraction of sp³-hybridized carbons (Fsp3) is 0.958. The van der Waals surface area contributed by atoms with E-state index in [4.69, 9.17) is 4.74 Å². The molecule has 0 aromatic heterocycles. The van der Waals surface area contributed by atoms with Gasteiger partial charge in [-0.1, -0.05) is 90.4 Å². The molecular weight excluding hydrogens is 549 g/mol. The summed E-state index contributed by atoms with van der Waals surface area (Å²) in [6, 6.07) is 0. The number of ether oxygens (including phenoxy) is 1. The van der Waals surface area contributed by atoms with Gasteiger partial charge in [0.1, 0.15) is 0 Å². The Morgan fingerprint density at radius 2 is 1.18 bits per heavy atom. The molecule has 1 heterocycles. The van der Waals surface area contributed by atoms with Gasteiger partial charge in [0.2, 0.25) is 0 Å². The molecule has 28 heavy (non-hydrogen) atoms. The van der Waals surface area contributed by atoms with Crippen LogP contribution in [0.2, 0.25) is 0 Å². The third kappa shape index (κ3) is 19.9. The molecule has 2 nitrogen and oxygen atoms in total. The molecule has 4 heteroatoms. The molecule has 1 aliphatic carbocycles. The molecule has 0 amide bonds. The normalized spacial score (nSPS) is 15.5. The summed E-state index contributed by atoms with van der Waals surface area (Å²) < 4.78 is 5.23. The van der Waals surface area contributed by atoms with Crippen molar-refractivity contribution in [2.45, 2.75) is 122 Å². The van der Waals surface area contributed by atoms with E-state index in [0.717, 1.165) is 19.3 Å². The zero-order valence-corrected chi connectivity index (χ0v) is 21.4. The summed E-state index contributed by atoms with van der Waals surface area (Å²) in [6.45, 7) is 2.92. The van der Waals surface area contributed by atoms with E-state index >= 15 is 0 Å². The van der Waals surface area contributed by atoms with Gasteiger partial charge in [0.25, 0.3) is 0 Å². The van der Waals surface area contributed by atoms with Gasteiger partial charge in [0.15, 0.2) is 0 Å². The standard InChI is InChI=1S/C20H38O2.C4H8S.Au/c1-2-3-4-5-6-7-8-9-10-11-12-13-14-15-18-22-20(21)19-16-17-19;1-2-4-5-3-1;/h19H,2-18H2,1H3;1-4H2;. The Hall–Kier alpha value is 0.560. The average Bonchev–Trinajstić information content (AvgIpc) is 3.36. The molecule has 2 aliphatic rings. The molecule has 2 rings (SSSR count). The van der Waals surface area contributed by atoms with Crippen LogP contribution in [0.15, 0.2) is 0 Å². The van der Waals surface area contributed by atoms with Gasteiger partial charge in [-0.3, -0.25) is 4.79 Å². The summed E-state index contributed by atoms with van der Waals surface area (Å²) >= 11 is 2.07. The van der Waals surface area contributed by atoms with Crippen molar-refractivity contribution < 1.29 is 31.9 Å². The van der Waals surface area contributed by atoms with Crippen LogP contribution < -0.4 is 0 Å². The van der Waals surface area contributed by atoms with Crippen molar-refractivity contribution in [2.24, 2.45) is 5.92 Å². The SMILES string of the molecule is C1CCSC1.CCCCCCCCCCCCCCCCOC(=O)C1CC1.[Au]. The number of carbonyl (C=O) groups is 1. The second kappa shape index (κ2) is 22.3. The van der Waals surface area contributed by atoms with E-state index in [1.165, 1.54) is 108 Å². The largest absolute Gasteiger partial charge is 0.465 e. The number of hydrogen-bond acceptors (Lipinski definition) is 3. The first kappa shape index (κ1) is 28.6. The van der Waals surface area contributed by atoms with Crippen LogP contribution in [0.25, 0.3) is 0 Å². The molecule has 1 radical (unpaired) electrons. The first-order valence-electron chi connectivity index (χ1n) is 12.1. The Bertz CT molecular complexity index is 323. The number of carbonyl (C=O) groups excluding carboxylic acids is 1. The van der Waals surface area contributed by atoms with Crippen LogP contribution in [-0.2, 0) is 31.9 Å². The Morgan fingerprint density at radius 3 is 1.54 bits per heavy atom. The molecule has 0 unspecified atom stereocenters. The van der Waals surface area contributed by atoms with E-state index in [0.29, 0.717) is 6.61 Å². The van der Waals surface area contributed by atoms with Crippen molar-refractivity contribution in [3.63, 3.8) is 0 Å². The summed E-state index contributed by atoms with van der Waals surface area (Å²) in [6.07, 6.45) is 24.1. The van der Waals surface area contributed by atoms with Crippen LogP contribution in [0.5, 0.6) is 0 Å². The van der Waals surface area contributed by atoms with Crippen LogP contribution >= 0.6 is 11.8 Å². The topological polar surface area (TPSA) is 26.3 Å². The van der Waals surface area contributed by atoms with Crippen molar-refractivity contribution in [1.29, 1.82) is 0 Å². The third-order valence-corrected chi connectivity index (χ3v) is 6.63. The fourth-order valence-electron chi connectivity index (χ4n) is 3.42. The number of rotatable bonds is 16. The van der Waals surface area contributed by atoms with E-state index in [9.17, 15) is 4.79 Å². The van der Waals surface area contributed by atoms with Gasteiger partial charge in [-0.05, 0) is 43.6 Å². The van der Waals surface area contributed by atoms with Gasteiger partial charge in [-0.25, -0.2) is 0 Å². The monoisotopic (exact) mass is 595 g/mol. The summed E-state index contributed by atoms with van der Waals surface area (Å²) in [5.41, 5.74) is 0. The van der Waals surface area contributed by atoms with Crippen molar-refractivity contribution >= 4 is 17.7 Å². The minimum atomic E-state index is 0. The minimum Gasteiger partial charge on any atom is -0.465 e. The number of hydrogen-bond donors (Lipinski definition) is 0. The summed E-state index contributed by atoms with van der Waals surface area (Å²) in [5.74, 6) is 3.14. The summed E-state index contributed by atoms with van der Waals surface area (Å²) in [7, 11) is 0. The Morgan fingerprint density at radius 1 is 0.750 bits per heavy atom. The van der Waals surface area contributed by atoms with Crippen molar-refractivity contribution in [2.75, 3.05) is 18.1 Å². The van der Waals surface area contributed by atoms with Gasteiger partial charge < -0.3 is 4.74 Å². The quantitative estimate of drug-likeness (QED) is 0.103. The third-order valence-electron chi connectivity index (χ3n) is 5.48. The molecule has 0 aromatic rings. The van der Waals surface area contributed by atoms with Gasteiger partial charge >= 0.3 is 5.97 Å². The molecular formula is C24H46AuO2S. The fourth-order valence-corrected chi connectivity index (χ4v) is 4.44. The smallest absolute Gasteiger partial charge is 0.308 e. The van der Waals surface area contributed by atoms with Crippen LogP contribution in [0.4, 0.5) is 0 Å². The van der Waals surface area contributed by atoms with Crippen LogP contribution in [0.3, 0.4) is 0 Å². The zero-order chi connectivity index (χ0) is 19.4. The molecule has 1 saturated heterocycles. The number of esters is 1.